The molecule has 28 heavy (non-hydrogen) atoms. The standard InChI is InChI=1S/C23H24N2O2.ClH/c24-15-18-13-14-21(27-18)23(26)25-22(17-8-2-1-3-9-17)20-12-6-10-16-7-4-5-11-19(16)20;/h1-12,18,21-22H,13-15,24H2,(H,25,26);1H/t18-,21+,22?;/m1./s1. The maximum absolute atomic E-state index is 12.9. The quantitative estimate of drug-likeness (QED) is 0.685. The van der Waals surface area contributed by atoms with Crippen molar-refractivity contribution in [2.45, 2.75) is 31.1 Å². The lowest BCUT2D eigenvalue weighted by molar-refractivity contribution is -0.132. The number of fused-ring (bicyclic) bond motifs is 1. The van der Waals surface area contributed by atoms with E-state index in [0.717, 1.165) is 28.3 Å². The molecule has 3 N–H and O–H groups in total. The molecule has 1 saturated heterocycles. The number of carbonyl (C=O) groups excluding carboxylic acids is 1. The highest BCUT2D eigenvalue weighted by atomic mass is 35.5. The number of ether oxygens (including phenoxy) is 1. The first-order chi connectivity index (χ1) is 13.3. The molecular formula is C23H25ClN2O2. The second-order valence-electron chi connectivity index (χ2n) is 6.98. The minimum absolute atomic E-state index is 0. The Morgan fingerprint density at radius 2 is 1.71 bits per heavy atom. The van der Waals surface area contributed by atoms with Crippen LogP contribution in [0.15, 0.2) is 72.8 Å². The number of rotatable bonds is 5. The fourth-order valence-electron chi connectivity index (χ4n) is 3.80. The molecule has 5 heteroatoms. The van der Waals surface area contributed by atoms with Crippen molar-refractivity contribution < 1.29 is 9.53 Å². The summed E-state index contributed by atoms with van der Waals surface area (Å²) in [5.74, 6) is -0.0762. The minimum atomic E-state index is -0.431. The van der Waals surface area contributed by atoms with Crippen LogP contribution in [0, 0.1) is 0 Å². The van der Waals surface area contributed by atoms with E-state index >= 15 is 0 Å². The molecule has 0 bridgehead atoms. The Hall–Kier alpha value is -2.40. The van der Waals surface area contributed by atoms with E-state index in [1.165, 1.54) is 0 Å². The van der Waals surface area contributed by atoms with Crippen molar-refractivity contribution in [3.8, 4) is 0 Å². The van der Waals surface area contributed by atoms with Gasteiger partial charge in [-0.15, -0.1) is 12.4 Å². The Labute approximate surface area is 171 Å². The molecule has 1 amide bonds. The Balaban J connectivity index is 0.00000225. The van der Waals surface area contributed by atoms with Crippen LogP contribution in [0.4, 0.5) is 0 Å². The number of benzene rings is 3. The summed E-state index contributed by atoms with van der Waals surface area (Å²) in [6.45, 7) is 0.454. The molecule has 0 saturated carbocycles. The number of nitrogens with one attached hydrogen (secondary N) is 1. The molecule has 4 nitrogen and oxygen atoms in total. The van der Waals surface area contributed by atoms with Crippen molar-refractivity contribution in [3.05, 3.63) is 83.9 Å². The molecule has 3 aromatic rings. The number of halogens is 1. The smallest absolute Gasteiger partial charge is 0.249 e. The maximum atomic E-state index is 12.9. The van der Waals surface area contributed by atoms with E-state index in [-0.39, 0.29) is 30.5 Å². The third-order valence-electron chi connectivity index (χ3n) is 5.22. The summed E-state index contributed by atoms with van der Waals surface area (Å²) in [5.41, 5.74) is 7.82. The molecule has 4 rings (SSSR count). The van der Waals surface area contributed by atoms with Gasteiger partial charge in [0, 0.05) is 6.54 Å². The van der Waals surface area contributed by atoms with Crippen LogP contribution < -0.4 is 11.1 Å². The average Bonchev–Trinajstić information content (AvgIpc) is 3.22. The third-order valence-corrected chi connectivity index (χ3v) is 5.22. The van der Waals surface area contributed by atoms with E-state index < -0.39 is 6.10 Å². The molecule has 3 atom stereocenters. The number of nitrogens with two attached hydrogens (primary N) is 1. The Morgan fingerprint density at radius 3 is 2.46 bits per heavy atom. The SMILES string of the molecule is Cl.NC[C@H]1CC[C@@H](C(=O)NC(c2ccccc2)c2cccc3ccccc23)O1. The highest BCUT2D eigenvalue weighted by Crippen LogP contribution is 2.30. The number of hydrogen-bond donors (Lipinski definition) is 2. The van der Waals surface area contributed by atoms with Crippen LogP contribution in [-0.4, -0.2) is 24.7 Å². The van der Waals surface area contributed by atoms with Crippen LogP contribution in [0.2, 0.25) is 0 Å². The van der Waals surface area contributed by atoms with Gasteiger partial charge in [0.15, 0.2) is 0 Å². The molecule has 3 aromatic carbocycles. The van der Waals surface area contributed by atoms with Crippen molar-refractivity contribution in [2.75, 3.05) is 6.54 Å². The number of amides is 1. The predicted molar refractivity (Wildman–Crippen MR) is 115 cm³/mol. The van der Waals surface area contributed by atoms with Crippen LogP contribution in [0.3, 0.4) is 0 Å². The van der Waals surface area contributed by atoms with Crippen molar-refractivity contribution >= 4 is 29.1 Å². The van der Waals surface area contributed by atoms with E-state index in [4.69, 9.17) is 10.5 Å². The number of carbonyl (C=O) groups is 1. The van der Waals surface area contributed by atoms with Gasteiger partial charge in [0.05, 0.1) is 12.1 Å². The van der Waals surface area contributed by atoms with Gasteiger partial charge in [-0.05, 0) is 34.7 Å². The van der Waals surface area contributed by atoms with Crippen LogP contribution in [0.1, 0.15) is 30.0 Å². The van der Waals surface area contributed by atoms with Crippen molar-refractivity contribution in [3.63, 3.8) is 0 Å². The minimum Gasteiger partial charge on any atom is -0.364 e. The molecule has 1 aliphatic heterocycles. The van der Waals surface area contributed by atoms with E-state index in [0.29, 0.717) is 13.0 Å². The summed E-state index contributed by atoms with van der Waals surface area (Å²) in [4.78, 5) is 12.9. The van der Waals surface area contributed by atoms with Gasteiger partial charge in [0.1, 0.15) is 6.10 Å². The second-order valence-corrected chi connectivity index (χ2v) is 6.98. The van der Waals surface area contributed by atoms with E-state index in [1.807, 2.05) is 48.5 Å². The Morgan fingerprint density at radius 1 is 1.00 bits per heavy atom. The van der Waals surface area contributed by atoms with Gasteiger partial charge in [0.2, 0.25) is 5.91 Å². The van der Waals surface area contributed by atoms with E-state index in [1.54, 1.807) is 0 Å². The van der Waals surface area contributed by atoms with Gasteiger partial charge in [-0.2, -0.15) is 0 Å². The maximum Gasteiger partial charge on any atom is 0.249 e. The van der Waals surface area contributed by atoms with Crippen molar-refractivity contribution in [2.24, 2.45) is 5.73 Å². The van der Waals surface area contributed by atoms with Gasteiger partial charge in [-0.25, -0.2) is 0 Å². The zero-order valence-electron chi connectivity index (χ0n) is 15.6. The Kier molecular flexibility index (Phi) is 6.68. The molecule has 1 heterocycles. The lowest BCUT2D eigenvalue weighted by Gasteiger charge is -2.23. The number of hydrogen-bond acceptors (Lipinski definition) is 3. The van der Waals surface area contributed by atoms with Crippen LogP contribution in [0.5, 0.6) is 0 Å². The zero-order chi connectivity index (χ0) is 18.6. The third kappa shape index (κ3) is 4.20. The molecule has 0 spiro atoms. The van der Waals surface area contributed by atoms with Crippen LogP contribution in [-0.2, 0) is 9.53 Å². The highest BCUT2D eigenvalue weighted by Gasteiger charge is 2.31. The molecule has 146 valence electrons. The molecule has 1 unspecified atom stereocenters. The largest absolute Gasteiger partial charge is 0.364 e. The first-order valence-electron chi connectivity index (χ1n) is 9.45. The van der Waals surface area contributed by atoms with Gasteiger partial charge in [-0.1, -0.05) is 72.8 Å². The monoisotopic (exact) mass is 396 g/mol. The van der Waals surface area contributed by atoms with E-state index in [9.17, 15) is 4.79 Å². The van der Waals surface area contributed by atoms with Crippen molar-refractivity contribution in [1.82, 2.24) is 5.32 Å². The molecular weight excluding hydrogens is 372 g/mol. The topological polar surface area (TPSA) is 64.4 Å². The fraction of sp³-hybridized carbons (Fsp3) is 0.261. The summed E-state index contributed by atoms with van der Waals surface area (Å²) in [6.07, 6.45) is 1.09. The van der Waals surface area contributed by atoms with Crippen molar-refractivity contribution in [1.29, 1.82) is 0 Å². The summed E-state index contributed by atoms with van der Waals surface area (Å²) < 4.78 is 5.80. The molecule has 0 aromatic heterocycles. The fourth-order valence-corrected chi connectivity index (χ4v) is 3.80. The van der Waals surface area contributed by atoms with E-state index in [2.05, 4.69) is 29.6 Å². The normalized spacial score (nSPS) is 19.8. The molecule has 0 radical (unpaired) electrons. The van der Waals surface area contributed by atoms with Crippen LogP contribution >= 0.6 is 12.4 Å². The first kappa shape index (κ1) is 20.3. The molecule has 0 aliphatic carbocycles. The predicted octanol–water partition coefficient (Wildman–Crippen LogP) is 3.97. The Bertz CT molecular complexity index is 927. The summed E-state index contributed by atoms with van der Waals surface area (Å²) in [5, 5.41) is 5.52. The lowest BCUT2D eigenvalue weighted by Crippen LogP contribution is -2.38. The summed E-state index contributed by atoms with van der Waals surface area (Å²) in [6, 6.07) is 24.3. The van der Waals surface area contributed by atoms with Gasteiger partial charge >= 0.3 is 0 Å². The average molecular weight is 397 g/mol. The van der Waals surface area contributed by atoms with Crippen LogP contribution in [0.25, 0.3) is 10.8 Å². The first-order valence-corrected chi connectivity index (χ1v) is 9.45. The summed E-state index contributed by atoms with van der Waals surface area (Å²) in [7, 11) is 0. The molecule has 1 fully saturated rings. The molecule has 1 aliphatic rings. The second kappa shape index (κ2) is 9.20. The lowest BCUT2D eigenvalue weighted by atomic mass is 9.93. The zero-order valence-corrected chi connectivity index (χ0v) is 16.4. The van der Waals surface area contributed by atoms with Gasteiger partial charge in [-0.3, -0.25) is 4.79 Å². The highest BCUT2D eigenvalue weighted by molar-refractivity contribution is 5.88. The summed E-state index contributed by atoms with van der Waals surface area (Å²) >= 11 is 0. The van der Waals surface area contributed by atoms with Gasteiger partial charge < -0.3 is 15.8 Å². The van der Waals surface area contributed by atoms with Gasteiger partial charge in [0.25, 0.3) is 0 Å².